The van der Waals surface area contributed by atoms with Crippen LogP contribution in [0.5, 0.6) is 0 Å². The molecule has 0 aliphatic carbocycles. The van der Waals surface area contributed by atoms with Gasteiger partial charge < -0.3 is 35.8 Å². The Bertz CT molecular complexity index is 922. The molecule has 14 heteroatoms. The second-order valence-electron chi connectivity index (χ2n) is 6.78. The number of hydrogen-bond acceptors (Lipinski definition) is 7. The quantitative estimate of drug-likeness (QED) is 0.248. The van der Waals surface area contributed by atoms with Crippen molar-refractivity contribution in [1.82, 2.24) is 25.2 Å². The Hall–Kier alpha value is -1.89. The fraction of sp³-hybridized carbons (Fsp3) is 0.647. The lowest BCUT2D eigenvalue weighted by molar-refractivity contribution is 0.0317. The molecule has 0 saturated carbocycles. The van der Waals surface area contributed by atoms with Crippen molar-refractivity contribution in [2.75, 3.05) is 32.0 Å². The lowest BCUT2D eigenvalue weighted by atomic mass is 10.2. The van der Waals surface area contributed by atoms with Gasteiger partial charge in [-0.2, -0.15) is 8.78 Å². The van der Waals surface area contributed by atoms with E-state index in [1.165, 1.54) is 25.8 Å². The Balaban J connectivity index is 0.000000592. The Morgan fingerprint density at radius 2 is 1.87 bits per heavy atom. The number of rotatable bonds is 10. The normalized spacial score (nSPS) is 13.3. The van der Waals surface area contributed by atoms with Crippen LogP contribution in [0.2, 0.25) is 0 Å². The predicted octanol–water partition coefficient (Wildman–Crippen LogP) is 0.793. The summed E-state index contributed by atoms with van der Waals surface area (Å²) < 4.78 is 37.6. The number of nitrogen functional groups attached to an aromatic ring is 1. The Morgan fingerprint density at radius 3 is 2.32 bits per heavy atom. The number of anilines is 1. The van der Waals surface area contributed by atoms with Gasteiger partial charge in [0.1, 0.15) is 11.0 Å². The first-order valence-corrected chi connectivity index (χ1v) is 11.4. The summed E-state index contributed by atoms with van der Waals surface area (Å²) in [5.41, 5.74) is 1.45. The van der Waals surface area contributed by atoms with E-state index in [-0.39, 0.29) is 23.5 Å². The molecule has 0 aliphatic rings. The van der Waals surface area contributed by atoms with Crippen LogP contribution < -0.4 is 16.6 Å². The van der Waals surface area contributed by atoms with Crippen LogP contribution in [-0.4, -0.2) is 72.7 Å². The summed E-state index contributed by atoms with van der Waals surface area (Å²) in [6, 6.07) is -1.28. The number of alkyl halides is 2. The molecule has 178 valence electrons. The third-order valence-corrected chi connectivity index (χ3v) is 5.73. The zero-order valence-corrected chi connectivity index (χ0v) is 18.6. The summed E-state index contributed by atoms with van der Waals surface area (Å²) in [4.78, 5) is 40.2. The van der Waals surface area contributed by atoms with E-state index in [0.29, 0.717) is 5.56 Å². The van der Waals surface area contributed by atoms with Crippen molar-refractivity contribution in [1.29, 1.82) is 0 Å². The summed E-state index contributed by atoms with van der Waals surface area (Å²) in [6.07, 6.45) is 0.154. The molecular formula is C17H31F2N6O5P. The van der Waals surface area contributed by atoms with E-state index in [1.807, 2.05) is 0 Å². The van der Waals surface area contributed by atoms with Gasteiger partial charge in [0.25, 0.3) is 5.56 Å². The van der Waals surface area contributed by atoms with Crippen molar-refractivity contribution < 1.29 is 28.2 Å². The van der Waals surface area contributed by atoms with Gasteiger partial charge in [-0.05, 0) is 19.6 Å². The van der Waals surface area contributed by atoms with E-state index in [4.69, 9.17) is 20.6 Å². The highest BCUT2D eigenvalue weighted by Gasteiger charge is 2.49. The van der Waals surface area contributed by atoms with E-state index in [0.717, 1.165) is 0 Å². The molecule has 0 spiro atoms. The van der Waals surface area contributed by atoms with Gasteiger partial charge in [-0.1, -0.05) is 20.8 Å². The van der Waals surface area contributed by atoms with Crippen LogP contribution in [0.4, 0.5) is 14.7 Å². The first-order chi connectivity index (χ1) is 14.4. The molecule has 2 aromatic heterocycles. The maximum atomic E-state index is 13.4. The van der Waals surface area contributed by atoms with Crippen LogP contribution in [0.3, 0.4) is 0 Å². The second kappa shape index (κ2) is 11.7. The molecular weight excluding hydrogens is 437 g/mol. The molecule has 0 aromatic carbocycles. The van der Waals surface area contributed by atoms with Crippen molar-refractivity contribution in [3.8, 4) is 0 Å². The van der Waals surface area contributed by atoms with Gasteiger partial charge >= 0.3 is 13.3 Å². The fourth-order valence-corrected chi connectivity index (χ4v) is 3.22. The standard InChI is InChI=1S/C11H16F2N5O5P.C6H15N/c12-11(13,24(21,22)23)1-6(4-19)15-2-5-3-16-8-7(5)17-10(14)18-9(8)20;1-4-7(5-2)6-3/h3,6,15-16,19H,1-2,4H2,(H2,21,22,23)(H3,14,17,18,20);4-6H2,1-3H3/t6-;/m0./s1. The third-order valence-electron chi connectivity index (χ3n) is 4.69. The Morgan fingerprint density at radius 1 is 1.29 bits per heavy atom. The van der Waals surface area contributed by atoms with Gasteiger partial charge in [0, 0.05) is 30.8 Å². The second-order valence-corrected chi connectivity index (χ2v) is 8.52. The monoisotopic (exact) mass is 468 g/mol. The van der Waals surface area contributed by atoms with E-state index in [1.54, 1.807) is 0 Å². The number of aromatic amines is 2. The molecule has 0 fully saturated rings. The number of hydrogen-bond donors (Lipinski definition) is 7. The number of nitrogens with two attached hydrogens (primary N) is 1. The largest absolute Gasteiger partial charge is 0.395 e. The molecule has 0 radical (unpaired) electrons. The van der Waals surface area contributed by atoms with Crippen LogP contribution in [0.25, 0.3) is 11.0 Å². The summed E-state index contributed by atoms with van der Waals surface area (Å²) >= 11 is 0. The van der Waals surface area contributed by atoms with E-state index < -0.39 is 37.9 Å². The van der Waals surface area contributed by atoms with Crippen LogP contribution in [0.1, 0.15) is 32.8 Å². The van der Waals surface area contributed by atoms with Crippen molar-refractivity contribution in [3.63, 3.8) is 0 Å². The predicted molar refractivity (Wildman–Crippen MR) is 114 cm³/mol. The fourth-order valence-electron chi connectivity index (χ4n) is 2.76. The number of H-pyrrole nitrogens is 2. The minimum absolute atomic E-state index is 0.0850. The molecule has 1 atom stereocenters. The molecule has 0 aliphatic heterocycles. The highest BCUT2D eigenvalue weighted by atomic mass is 31.2. The number of fused-ring (bicyclic) bond motifs is 1. The number of nitrogens with zero attached hydrogens (tertiary/aromatic N) is 2. The molecule has 2 heterocycles. The van der Waals surface area contributed by atoms with Crippen molar-refractivity contribution in [2.24, 2.45) is 0 Å². The smallest absolute Gasteiger partial charge is 0.394 e. The molecule has 31 heavy (non-hydrogen) atoms. The van der Waals surface area contributed by atoms with Crippen LogP contribution >= 0.6 is 7.60 Å². The van der Waals surface area contributed by atoms with Crippen LogP contribution in [0.15, 0.2) is 11.0 Å². The van der Waals surface area contributed by atoms with Gasteiger partial charge in [-0.3, -0.25) is 14.3 Å². The van der Waals surface area contributed by atoms with Crippen molar-refractivity contribution in [3.05, 3.63) is 22.1 Å². The average Bonchev–Trinajstić information content (AvgIpc) is 3.09. The van der Waals surface area contributed by atoms with E-state index >= 15 is 0 Å². The highest BCUT2D eigenvalue weighted by Crippen LogP contribution is 2.55. The zero-order chi connectivity index (χ0) is 23.8. The minimum atomic E-state index is -5.64. The first kappa shape index (κ1) is 27.1. The summed E-state index contributed by atoms with van der Waals surface area (Å²) in [5, 5.41) is 11.7. The number of aromatic nitrogens is 3. The van der Waals surface area contributed by atoms with Gasteiger partial charge in [0.2, 0.25) is 5.95 Å². The van der Waals surface area contributed by atoms with Gasteiger partial charge in [-0.25, -0.2) is 4.98 Å². The van der Waals surface area contributed by atoms with Gasteiger partial charge in [-0.15, -0.1) is 0 Å². The topological polar surface area (TPSA) is 181 Å². The Labute approximate surface area is 178 Å². The van der Waals surface area contributed by atoms with Crippen molar-refractivity contribution in [2.45, 2.75) is 45.4 Å². The summed E-state index contributed by atoms with van der Waals surface area (Å²) in [5.74, 6) is -0.125. The molecule has 0 amide bonds. The minimum Gasteiger partial charge on any atom is -0.395 e. The van der Waals surface area contributed by atoms with Gasteiger partial charge in [0.15, 0.2) is 0 Å². The molecule has 0 saturated heterocycles. The average molecular weight is 468 g/mol. The molecule has 0 bridgehead atoms. The summed E-state index contributed by atoms with van der Waals surface area (Å²) in [7, 11) is -5.64. The highest BCUT2D eigenvalue weighted by molar-refractivity contribution is 7.53. The maximum absolute atomic E-state index is 13.4. The molecule has 2 aromatic rings. The number of aliphatic hydroxyl groups is 1. The lowest BCUT2D eigenvalue weighted by Crippen LogP contribution is -2.37. The molecule has 11 nitrogen and oxygen atoms in total. The van der Waals surface area contributed by atoms with Crippen LogP contribution in [-0.2, 0) is 11.1 Å². The molecule has 2 rings (SSSR count). The SMILES string of the molecule is CCN(CC)CC.Nc1nc2c(CN[C@H](CO)CC(F)(F)P(=O)(O)O)c[nH]c2c(=O)[nH]1. The first-order valence-electron chi connectivity index (χ1n) is 9.75. The zero-order valence-electron chi connectivity index (χ0n) is 17.7. The van der Waals surface area contributed by atoms with Gasteiger partial charge in [0.05, 0.1) is 6.61 Å². The Kier molecular flexibility index (Phi) is 10.2. The summed E-state index contributed by atoms with van der Waals surface area (Å²) in [6.45, 7) is 9.27. The number of nitrogens with one attached hydrogen (secondary N) is 3. The van der Waals surface area contributed by atoms with E-state index in [9.17, 15) is 18.1 Å². The lowest BCUT2D eigenvalue weighted by Gasteiger charge is -2.23. The number of halogens is 2. The van der Waals surface area contributed by atoms with Crippen molar-refractivity contribution >= 4 is 24.6 Å². The number of aliphatic hydroxyl groups excluding tert-OH is 1. The molecule has 8 N–H and O–H groups in total. The maximum Gasteiger partial charge on any atom is 0.394 e. The van der Waals surface area contributed by atoms with Crippen LogP contribution in [0, 0.1) is 0 Å². The molecule has 0 unspecified atom stereocenters. The third kappa shape index (κ3) is 7.63. The van der Waals surface area contributed by atoms with E-state index in [2.05, 4.69) is 45.9 Å².